The number of nitrogens with zero attached hydrogens (tertiary/aromatic N) is 4. The molecule has 2 aromatic heterocycles. The number of aromatic nitrogens is 4. The molecular weight excluding hydrogens is 228 g/mol. The van der Waals surface area contributed by atoms with Crippen LogP contribution in [0.2, 0.25) is 0 Å². The van der Waals surface area contributed by atoms with Crippen LogP contribution in [0.1, 0.15) is 12.5 Å². The van der Waals surface area contributed by atoms with Crippen molar-refractivity contribution in [3.8, 4) is 0 Å². The van der Waals surface area contributed by atoms with Gasteiger partial charge in [-0.15, -0.1) is 0 Å². The number of aryl methyl sites for hydroxylation is 1. The third-order valence-corrected chi connectivity index (χ3v) is 3.08. The highest BCUT2D eigenvalue weighted by molar-refractivity contribution is 5.63. The monoisotopic (exact) mass is 244 g/mol. The van der Waals surface area contributed by atoms with Crippen molar-refractivity contribution in [1.82, 2.24) is 19.7 Å². The van der Waals surface area contributed by atoms with Gasteiger partial charge in [-0.2, -0.15) is 5.10 Å². The summed E-state index contributed by atoms with van der Waals surface area (Å²) in [4.78, 5) is 8.59. The summed E-state index contributed by atoms with van der Waals surface area (Å²) in [6, 6.07) is 1.92. The van der Waals surface area contributed by atoms with Gasteiger partial charge in [-0.05, 0) is 12.3 Å². The van der Waals surface area contributed by atoms with Crippen molar-refractivity contribution in [1.29, 1.82) is 0 Å². The molecule has 0 aliphatic carbocycles. The maximum Gasteiger partial charge on any atom is 0.153 e. The second kappa shape index (κ2) is 4.29. The zero-order valence-electron chi connectivity index (χ0n) is 10.5. The molecule has 0 saturated heterocycles. The molecule has 0 saturated carbocycles. The number of rotatable bonds is 2. The van der Waals surface area contributed by atoms with Gasteiger partial charge in [0.1, 0.15) is 18.0 Å². The zero-order valence-corrected chi connectivity index (χ0v) is 10.5. The molecule has 0 aromatic carbocycles. The number of hydrogen-bond donors (Lipinski definition) is 2. The molecule has 3 rings (SSSR count). The van der Waals surface area contributed by atoms with E-state index in [9.17, 15) is 0 Å². The summed E-state index contributed by atoms with van der Waals surface area (Å²) in [7, 11) is 1.89. The molecule has 0 fully saturated rings. The Morgan fingerprint density at radius 2 is 2.33 bits per heavy atom. The zero-order chi connectivity index (χ0) is 12.5. The van der Waals surface area contributed by atoms with E-state index in [-0.39, 0.29) is 0 Å². The van der Waals surface area contributed by atoms with Crippen LogP contribution >= 0.6 is 0 Å². The van der Waals surface area contributed by atoms with Gasteiger partial charge in [0.2, 0.25) is 0 Å². The SMILES string of the molecule is CC1CNc2ncnc(Nc3ccn(C)n3)c2C1. The predicted octanol–water partition coefficient (Wildman–Crippen LogP) is 1.56. The van der Waals surface area contributed by atoms with E-state index in [0.717, 1.165) is 36.0 Å². The van der Waals surface area contributed by atoms with Crippen molar-refractivity contribution in [3.63, 3.8) is 0 Å². The number of anilines is 3. The quantitative estimate of drug-likeness (QED) is 0.839. The molecule has 2 aromatic rings. The van der Waals surface area contributed by atoms with Gasteiger partial charge in [-0.25, -0.2) is 9.97 Å². The van der Waals surface area contributed by atoms with Crippen molar-refractivity contribution in [2.75, 3.05) is 17.2 Å². The summed E-state index contributed by atoms with van der Waals surface area (Å²) in [6.07, 6.45) is 4.46. The van der Waals surface area contributed by atoms with Crippen molar-refractivity contribution in [2.45, 2.75) is 13.3 Å². The first-order valence-corrected chi connectivity index (χ1v) is 6.07. The summed E-state index contributed by atoms with van der Waals surface area (Å²) < 4.78 is 1.76. The van der Waals surface area contributed by atoms with E-state index >= 15 is 0 Å². The molecule has 6 heteroatoms. The fourth-order valence-electron chi connectivity index (χ4n) is 2.16. The topological polar surface area (TPSA) is 67.7 Å². The van der Waals surface area contributed by atoms with Crippen LogP contribution in [0, 0.1) is 5.92 Å². The van der Waals surface area contributed by atoms with Gasteiger partial charge in [0.15, 0.2) is 5.82 Å². The molecule has 1 atom stereocenters. The molecule has 6 nitrogen and oxygen atoms in total. The van der Waals surface area contributed by atoms with Crippen LogP contribution in [-0.4, -0.2) is 26.3 Å². The molecule has 1 aliphatic rings. The Bertz CT molecular complexity index is 561. The molecule has 3 heterocycles. The Morgan fingerprint density at radius 3 is 3.11 bits per heavy atom. The highest BCUT2D eigenvalue weighted by Gasteiger charge is 2.19. The van der Waals surface area contributed by atoms with Crippen molar-refractivity contribution >= 4 is 17.5 Å². The molecular formula is C12H16N6. The summed E-state index contributed by atoms with van der Waals surface area (Å²) in [5.74, 6) is 3.17. The van der Waals surface area contributed by atoms with Gasteiger partial charge in [0.05, 0.1) is 0 Å². The number of nitrogens with one attached hydrogen (secondary N) is 2. The molecule has 0 radical (unpaired) electrons. The first-order chi connectivity index (χ1) is 8.72. The molecule has 18 heavy (non-hydrogen) atoms. The standard InChI is InChI=1S/C12H16N6/c1-8-5-9-11(13-6-8)14-7-15-12(9)16-10-3-4-18(2)17-10/h3-4,7-8H,5-6H2,1-2H3,(H2,13,14,15,16,17). The number of fused-ring (bicyclic) bond motifs is 1. The fourth-order valence-corrected chi connectivity index (χ4v) is 2.16. The van der Waals surface area contributed by atoms with Gasteiger partial charge >= 0.3 is 0 Å². The summed E-state index contributed by atoms with van der Waals surface area (Å²) in [6.45, 7) is 3.18. The van der Waals surface area contributed by atoms with E-state index in [1.54, 1.807) is 11.0 Å². The Balaban J connectivity index is 1.92. The van der Waals surface area contributed by atoms with Gasteiger partial charge < -0.3 is 10.6 Å². The van der Waals surface area contributed by atoms with Crippen molar-refractivity contribution in [2.24, 2.45) is 13.0 Å². The average molecular weight is 244 g/mol. The van der Waals surface area contributed by atoms with Gasteiger partial charge in [-0.1, -0.05) is 6.92 Å². The molecule has 0 amide bonds. The first kappa shape index (κ1) is 11.0. The lowest BCUT2D eigenvalue weighted by Crippen LogP contribution is -2.23. The molecule has 1 aliphatic heterocycles. The Kier molecular flexibility index (Phi) is 2.62. The molecule has 0 spiro atoms. The van der Waals surface area contributed by atoms with Crippen molar-refractivity contribution in [3.05, 3.63) is 24.2 Å². The molecule has 94 valence electrons. The van der Waals surface area contributed by atoms with Crippen LogP contribution in [0.4, 0.5) is 17.5 Å². The second-order valence-electron chi connectivity index (χ2n) is 4.74. The summed E-state index contributed by atoms with van der Waals surface area (Å²) in [5, 5.41) is 10.9. The maximum atomic E-state index is 4.32. The highest BCUT2D eigenvalue weighted by atomic mass is 15.3. The second-order valence-corrected chi connectivity index (χ2v) is 4.74. The first-order valence-electron chi connectivity index (χ1n) is 6.07. The molecule has 0 bridgehead atoms. The molecule has 1 unspecified atom stereocenters. The van der Waals surface area contributed by atoms with Crippen LogP contribution in [0.25, 0.3) is 0 Å². The normalized spacial score (nSPS) is 18.0. The van der Waals surface area contributed by atoms with E-state index < -0.39 is 0 Å². The Morgan fingerprint density at radius 1 is 1.44 bits per heavy atom. The van der Waals surface area contributed by atoms with E-state index in [4.69, 9.17) is 0 Å². The van der Waals surface area contributed by atoms with E-state index in [1.807, 2.05) is 19.3 Å². The lowest BCUT2D eigenvalue weighted by molar-refractivity contribution is 0.590. The van der Waals surface area contributed by atoms with Gasteiger partial charge in [0.25, 0.3) is 0 Å². The third-order valence-electron chi connectivity index (χ3n) is 3.08. The van der Waals surface area contributed by atoms with Crippen LogP contribution in [0.3, 0.4) is 0 Å². The third kappa shape index (κ3) is 2.01. The van der Waals surface area contributed by atoms with Crippen LogP contribution < -0.4 is 10.6 Å². The minimum absolute atomic E-state index is 0.591. The lowest BCUT2D eigenvalue weighted by Gasteiger charge is -2.23. The minimum atomic E-state index is 0.591. The van der Waals surface area contributed by atoms with Crippen LogP contribution in [0.5, 0.6) is 0 Å². The average Bonchev–Trinajstić information content (AvgIpc) is 2.76. The molecule has 2 N–H and O–H groups in total. The fraction of sp³-hybridized carbons (Fsp3) is 0.417. The maximum absolute atomic E-state index is 4.32. The largest absolute Gasteiger partial charge is 0.369 e. The minimum Gasteiger partial charge on any atom is -0.369 e. The summed E-state index contributed by atoms with van der Waals surface area (Å²) >= 11 is 0. The van der Waals surface area contributed by atoms with Gasteiger partial charge in [-0.3, -0.25) is 4.68 Å². The Labute approximate surface area is 105 Å². The summed E-state index contributed by atoms with van der Waals surface area (Å²) in [5.41, 5.74) is 1.14. The Hall–Kier alpha value is -2.11. The predicted molar refractivity (Wildman–Crippen MR) is 69.9 cm³/mol. The lowest BCUT2D eigenvalue weighted by atomic mass is 9.98. The van der Waals surface area contributed by atoms with E-state index in [1.165, 1.54) is 0 Å². The van der Waals surface area contributed by atoms with E-state index in [2.05, 4.69) is 32.6 Å². The van der Waals surface area contributed by atoms with Gasteiger partial charge in [0, 0.05) is 31.4 Å². The van der Waals surface area contributed by atoms with Crippen LogP contribution in [0.15, 0.2) is 18.6 Å². The van der Waals surface area contributed by atoms with E-state index in [0.29, 0.717) is 5.92 Å². The van der Waals surface area contributed by atoms with Crippen molar-refractivity contribution < 1.29 is 0 Å². The highest BCUT2D eigenvalue weighted by Crippen LogP contribution is 2.28. The number of hydrogen-bond acceptors (Lipinski definition) is 5. The smallest absolute Gasteiger partial charge is 0.153 e. The van der Waals surface area contributed by atoms with Crippen LogP contribution in [-0.2, 0) is 13.5 Å².